The molecule has 0 bridgehead atoms. The number of nitrogens with one attached hydrogen (secondary N) is 1. The summed E-state index contributed by atoms with van der Waals surface area (Å²) in [6.07, 6.45) is 6.77. The summed E-state index contributed by atoms with van der Waals surface area (Å²) >= 11 is 1.98. The average Bonchev–Trinajstić information content (AvgIpc) is 3.36. The van der Waals surface area contributed by atoms with Gasteiger partial charge in [0.2, 0.25) is 5.91 Å². The van der Waals surface area contributed by atoms with Crippen LogP contribution >= 0.6 is 11.8 Å². The van der Waals surface area contributed by atoms with Gasteiger partial charge in [-0.2, -0.15) is 11.8 Å². The molecule has 1 atom stereocenters. The van der Waals surface area contributed by atoms with E-state index in [0.717, 1.165) is 41.2 Å². The molecule has 0 radical (unpaired) electrons. The van der Waals surface area contributed by atoms with E-state index in [0.29, 0.717) is 6.42 Å². The van der Waals surface area contributed by atoms with Gasteiger partial charge in [-0.25, -0.2) is 4.98 Å². The lowest BCUT2D eigenvalue weighted by Crippen LogP contribution is -2.43. The Morgan fingerprint density at radius 1 is 1.17 bits per heavy atom. The number of aryl methyl sites for hydroxylation is 1. The Bertz CT molecular complexity index is 970. The smallest absolute Gasteiger partial charge is 0.222 e. The zero-order chi connectivity index (χ0) is 20.4. The van der Waals surface area contributed by atoms with Gasteiger partial charge in [-0.05, 0) is 54.5 Å². The van der Waals surface area contributed by atoms with E-state index in [1.807, 2.05) is 37.0 Å². The number of nitrogens with zero attached hydrogens (tertiary/aromatic N) is 3. The lowest BCUT2D eigenvalue weighted by atomic mass is 9.87. The molecular weight excluding hydrogens is 380 g/mol. The summed E-state index contributed by atoms with van der Waals surface area (Å²) in [7, 11) is 2.03. The number of rotatable bonds is 6. The minimum atomic E-state index is -0.118. The molecule has 4 rings (SSSR count). The first kappa shape index (κ1) is 20.1. The standard InChI is InChI=1S/C23H30N4OS/c1-17(2)21(22-24-18-8-4-5-9-19(18)26(22)3)25-20(28)16-23(10-14-29-15-11-23)27-12-6-7-13-27/h4-9,12-13,17,21H,10-11,14-16H2,1-3H3,(H,25,28)/t21-/m0/s1. The summed E-state index contributed by atoms with van der Waals surface area (Å²) in [5, 5.41) is 3.33. The minimum absolute atomic E-state index is 0.108. The molecule has 2 aromatic heterocycles. The summed E-state index contributed by atoms with van der Waals surface area (Å²) in [5.74, 6) is 3.48. The number of hydrogen-bond donors (Lipinski definition) is 1. The number of carbonyl (C=O) groups excluding carboxylic acids is 1. The third kappa shape index (κ3) is 3.95. The van der Waals surface area contributed by atoms with Gasteiger partial charge < -0.3 is 14.5 Å². The maximum Gasteiger partial charge on any atom is 0.222 e. The van der Waals surface area contributed by atoms with Crippen molar-refractivity contribution in [3.8, 4) is 0 Å². The van der Waals surface area contributed by atoms with Crippen LogP contribution in [0.2, 0.25) is 0 Å². The second-order valence-corrected chi connectivity index (χ2v) is 9.64. The highest BCUT2D eigenvalue weighted by molar-refractivity contribution is 7.99. The number of para-hydroxylation sites is 2. The molecule has 0 aliphatic carbocycles. The normalized spacial score (nSPS) is 17.5. The molecular formula is C23H30N4OS. The maximum atomic E-state index is 13.3. The molecule has 5 nitrogen and oxygen atoms in total. The molecule has 6 heteroatoms. The second-order valence-electron chi connectivity index (χ2n) is 8.41. The molecule has 1 fully saturated rings. The van der Waals surface area contributed by atoms with Crippen LogP contribution in [0.5, 0.6) is 0 Å². The first-order chi connectivity index (χ1) is 14.0. The quantitative estimate of drug-likeness (QED) is 0.651. The molecule has 1 saturated heterocycles. The van der Waals surface area contributed by atoms with Crippen molar-refractivity contribution in [3.63, 3.8) is 0 Å². The summed E-state index contributed by atoms with van der Waals surface area (Å²) < 4.78 is 4.37. The molecule has 1 amide bonds. The van der Waals surface area contributed by atoms with Gasteiger partial charge in [-0.1, -0.05) is 26.0 Å². The van der Waals surface area contributed by atoms with Crippen LogP contribution in [-0.2, 0) is 17.4 Å². The van der Waals surface area contributed by atoms with Crippen LogP contribution in [-0.4, -0.2) is 31.5 Å². The van der Waals surface area contributed by atoms with Gasteiger partial charge in [0.25, 0.3) is 0 Å². The molecule has 1 N–H and O–H groups in total. The van der Waals surface area contributed by atoms with Gasteiger partial charge in [0, 0.05) is 19.4 Å². The molecule has 1 aromatic carbocycles. The van der Waals surface area contributed by atoms with E-state index in [4.69, 9.17) is 4.98 Å². The molecule has 1 aliphatic rings. The van der Waals surface area contributed by atoms with Gasteiger partial charge in [-0.15, -0.1) is 0 Å². The molecule has 29 heavy (non-hydrogen) atoms. The predicted octanol–water partition coefficient (Wildman–Crippen LogP) is 4.50. The van der Waals surface area contributed by atoms with Crippen LogP contribution in [0.15, 0.2) is 48.8 Å². The van der Waals surface area contributed by atoms with Crippen LogP contribution in [0.4, 0.5) is 0 Å². The Labute approximate surface area is 176 Å². The monoisotopic (exact) mass is 410 g/mol. The van der Waals surface area contributed by atoms with E-state index in [-0.39, 0.29) is 23.4 Å². The zero-order valence-electron chi connectivity index (χ0n) is 17.5. The third-order valence-electron chi connectivity index (χ3n) is 6.15. The van der Waals surface area contributed by atoms with Crippen molar-refractivity contribution in [2.45, 2.75) is 44.7 Å². The van der Waals surface area contributed by atoms with Crippen LogP contribution in [0.3, 0.4) is 0 Å². The SMILES string of the molecule is CC(C)[C@H](NC(=O)CC1(n2cccc2)CCSCC1)c1nc2ccccc2n1C. The number of hydrogen-bond acceptors (Lipinski definition) is 3. The Kier molecular flexibility index (Phi) is 5.72. The molecule has 0 saturated carbocycles. The molecule has 3 aromatic rings. The van der Waals surface area contributed by atoms with Crippen molar-refractivity contribution < 1.29 is 4.79 Å². The number of amides is 1. The summed E-state index contributed by atoms with van der Waals surface area (Å²) in [4.78, 5) is 18.1. The summed E-state index contributed by atoms with van der Waals surface area (Å²) in [6.45, 7) is 4.28. The molecule has 0 spiro atoms. The van der Waals surface area contributed by atoms with E-state index < -0.39 is 0 Å². The lowest BCUT2D eigenvalue weighted by Gasteiger charge is -2.38. The number of fused-ring (bicyclic) bond motifs is 1. The molecule has 3 heterocycles. The van der Waals surface area contributed by atoms with Crippen LogP contribution in [0.1, 0.15) is 45.0 Å². The van der Waals surface area contributed by atoms with Crippen molar-refractivity contribution in [3.05, 3.63) is 54.6 Å². The number of benzene rings is 1. The molecule has 154 valence electrons. The van der Waals surface area contributed by atoms with Crippen molar-refractivity contribution >= 4 is 28.7 Å². The Morgan fingerprint density at radius 3 is 2.52 bits per heavy atom. The largest absolute Gasteiger partial charge is 0.348 e. The number of thioether (sulfide) groups is 1. The zero-order valence-corrected chi connectivity index (χ0v) is 18.3. The van der Waals surface area contributed by atoms with Gasteiger partial charge in [0.15, 0.2) is 0 Å². The fourth-order valence-electron chi connectivity index (χ4n) is 4.42. The van der Waals surface area contributed by atoms with Gasteiger partial charge >= 0.3 is 0 Å². The number of aromatic nitrogens is 3. The fourth-order valence-corrected chi connectivity index (χ4v) is 5.68. The van der Waals surface area contributed by atoms with Gasteiger partial charge in [-0.3, -0.25) is 4.79 Å². The predicted molar refractivity (Wildman–Crippen MR) is 120 cm³/mol. The van der Waals surface area contributed by atoms with E-state index >= 15 is 0 Å². The summed E-state index contributed by atoms with van der Waals surface area (Å²) in [5.41, 5.74) is 1.95. The number of carbonyl (C=O) groups is 1. The van der Waals surface area contributed by atoms with Crippen LogP contribution in [0, 0.1) is 5.92 Å². The van der Waals surface area contributed by atoms with Crippen molar-refractivity contribution in [1.29, 1.82) is 0 Å². The van der Waals surface area contributed by atoms with E-state index in [9.17, 15) is 4.79 Å². The maximum absolute atomic E-state index is 13.3. The Morgan fingerprint density at radius 2 is 1.86 bits per heavy atom. The van der Waals surface area contributed by atoms with Crippen molar-refractivity contribution in [2.24, 2.45) is 13.0 Å². The van der Waals surface area contributed by atoms with E-state index in [2.05, 4.69) is 58.9 Å². The van der Waals surface area contributed by atoms with E-state index in [1.165, 1.54) is 0 Å². The Balaban J connectivity index is 1.58. The molecule has 0 unspecified atom stereocenters. The highest BCUT2D eigenvalue weighted by Gasteiger charge is 2.37. The number of imidazole rings is 1. The van der Waals surface area contributed by atoms with Crippen molar-refractivity contribution in [2.75, 3.05) is 11.5 Å². The highest BCUT2D eigenvalue weighted by Crippen LogP contribution is 2.37. The van der Waals surface area contributed by atoms with Crippen LogP contribution in [0.25, 0.3) is 11.0 Å². The van der Waals surface area contributed by atoms with Crippen molar-refractivity contribution in [1.82, 2.24) is 19.4 Å². The Hall–Kier alpha value is -2.21. The third-order valence-corrected chi connectivity index (χ3v) is 7.13. The lowest BCUT2D eigenvalue weighted by molar-refractivity contribution is -0.124. The second kappa shape index (κ2) is 8.27. The van der Waals surface area contributed by atoms with Gasteiger partial charge in [0.1, 0.15) is 5.82 Å². The van der Waals surface area contributed by atoms with Crippen LogP contribution < -0.4 is 5.32 Å². The first-order valence-electron chi connectivity index (χ1n) is 10.4. The average molecular weight is 411 g/mol. The summed E-state index contributed by atoms with van der Waals surface area (Å²) in [6, 6.07) is 12.1. The fraction of sp³-hybridized carbons (Fsp3) is 0.478. The topological polar surface area (TPSA) is 51.9 Å². The minimum Gasteiger partial charge on any atom is -0.348 e. The first-order valence-corrected chi connectivity index (χ1v) is 11.6. The highest BCUT2D eigenvalue weighted by atomic mass is 32.2. The van der Waals surface area contributed by atoms with E-state index in [1.54, 1.807) is 0 Å². The van der Waals surface area contributed by atoms with Gasteiger partial charge in [0.05, 0.1) is 29.0 Å². The molecule has 1 aliphatic heterocycles.